The van der Waals surface area contributed by atoms with Gasteiger partial charge in [-0.15, -0.1) is 10.2 Å². The number of nitrogens with one attached hydrogen (secondary N) is 2. The van der Waals surface area contributed by atoms with Crippen molar-refractivity contribution < 1.29 is 9.59 Å². The van der Waals surface area contributed by atoms with E-state index in [0.717, 1.165) is 11.4 Å². The van der Waals surface area contributed by atoms with E-state index < -0.39 is 0 Å². The van der Waals surface area contributed by atoms with Crippen LogP contribution in [0, 0.1) is 0 Å². The van der Waals surface area contributed by atoms with E-state index in [2.05, 4.69) is 25.8 Å². The first kappa shape index (κ1) is 19.6. The van der Waals surface area contributed by atoms with E-state index >= 15 is 0 Å². The van der Waals surface area contributed by atoms with Gasteiger partial charge in [0.2, 0.25) is 5.91 Å². The van der Waals surface area contributed by atoms with Gasteiger partial charge in [0.15, 0.2) is 11.0 Å². The Labute approximate surface area is 166 Å². The zero-order chi connectivity index (χ0) is 19.9. The Morgan fingerprint density at radius 3 is 2.64 bits per heavy atom. The highest BCUT2D eigenvalue weighted by Gasteiger charge is 2.15. The summed E-state index contributed by atoms with van der Waals surface area (Å²) in [6.45, 7) is 2.69. The number of rotatable bonds is 7. The van der Waals surface area contributed by atoms with Crippen molar-refractivity contribution in [3.63, 3.8) is 0 Å². The SMILES string of the molecule is CCn1c(SCC(=O)Nc2cccc(C(=O)NC)c2)nnc1-c1ccncc1. The first-order chi connectivity index (χ1) is 13.6. The molecule has 0 fully saturated rings. The molecule has 0 saturated carbocycles. The molecule has 9 heteroatoms. The highest BCUT2D eigenvalue weighted by molar-refractivity contribution is 7.99. The maximum absolute atomic E-state index is 12.3. The van der Waals surface area contributed by atoms with E-state index in [4.69, 9.17) is 0 Å². The van der Waals surface area contributed by atoms with E-state index in [1.54, 1.807) is 43.7 Å². The fraction of sp³-hybridized carbons (Fsp3) is 0.211. The molecule has 2 aromatic heterocycles. The summed E-state index contributed by atoms with van der Waals surface area (Å²) in [6, 6.07) is 10.5. The molecule has 0 aliphatic rings. The first-order valence-corrected chi connectivity index (χ1v) is 9.69. The van der Waals surface area contributed by atoms with Gasteiger partial charge in [0, 0.05) is 42.8 Å². The third kappa shape index (κ3) is 4.55. The molecule has 2 amide bonds. The number of benzene rings is 1. The third-order valence-corrected chi connectivity index (χ3v) is 4.91. The number of carbonyl (C=O) groups excluding carboxylic acids is 2. The van der Waals surface area contributed by atoms with Gasteiger partial charge < -0.3 is 15.2 Å². The first-order valence-electron chi connectivity index (χ1n) is 8.70. The maximum Gasteiger partial charge on any atom is 0.251 e. The van der Waals surface area contributed by atoms with E-state index in [0.29, 0.717) is 23.0 Å². The predicted molar refractivity (Wildman–Crippen MR) is 108 cm³/mol. The third-order valence-electron chi connectivity index (χ3n) is 3.94. The lowest BCUT2D eigenvalue weighted by atomic mass is 10.2. The molecule has 2 heterocycles. The smallest absolute Gasteiger partial charge is 0.251 e. The van der Waals surface area contributed by atoms with Gasteiger partial charge in [0.25, 0.3) is 5.91 Å². The molecule has 0 aliphatic heterocycles. The number of thioether (sulfide) groups is 1. The van der Waals surface area contributed by atoms with Crippen LogP contribution in [0.25, 0.3) is 11.4 Å². The molecule has 0 bridgehead atoms. The Kier molecular flexibility index (Phi) is 6.38. The lowest BCUT2D eigenvalue weighted by Crippen LogP contribution is -2.19. The minimum absolute atomic E-state index is 0.179. The van der Waals surface area contributed by atoms with Crippen LogP contribution in [0.4, 0.5) is 5.69 Å². The van der Waals surface area contributed by atoms with Crippen molar-refractivity contribution in [2.24, 2.45) is 0 Å². The van der Waals surface area contributed by atoms with Crippen LogP contribution >= 0.6 is 11.8 Å². The van der Waals surface area contributed by atoms with Gasteiger partial charge in [-0.2, -0.15) is 0 Å². The van der Waals surface area contributed by atoms with Crippen molar-refractivity contribution in [1.29, 1.82) is 0 Å². The van der Waals surface area contributed by atoms with Gasteiger partial charge in [-0.3, -0.25) is 14.6 Å². The highest BCUT2D eigenvalue weighted by atomic mass is 32.2. The van der Waals surface area contributed by atoms with Crippen LogP contribution in [0.2, 0.25) is 0 Å². The summed E-state index contributed by atoms with van der Waals surface area (Å²) in [4.78, 5) is 28.0. The molecule has 0 unspecified atom stereocenters. The summed E-state index contributed by atoms with van der Waals surface area (Å²) in [5, 5.41) is 14.5. The van der Waals surface area contributed by atoms with Crippen molar-refractivity contribution in [1.82, 2.24) is 25.1 Å². The monoisotopic (exact) mass is 396 g/mol. The minimum Gasteiger partial charge on any atom is -0.355 e. The average molecular weight is 396 g/mol. The summed E-state index contributed by atoms with van der Waals surface area (Å²) in [5.41, 5.74) is 1.98. The molecule has 0 radical (unpaired) electrons. The summed E-state index contributed by atoms with van der Waals surface area (Å²) in [6.07, 6.45) is 3.41. The molecule has 3 rings (SSSR count). The number of aromatic nitrogens is 4. The van der Waals surface area contributed by atoms with Gasteiger partial charge in [0.1, 0.15) is 0 Å². The van der Waals surface area contributed by atoms with E-state index in [-0.39, 0.29) is 17.6 Å². The largest absolute Gasteiger partial charge is 0.355 e. The number of carbonyl (C=O) groups is 2. The Hall–Kier alpha value is -3.20. The van der Waals surface area contributed by atoms with Crippen molar-refractivity contribution >= 4 is 29.3 Å². The summed E-state index contributed by atoms with van der Waals surface area (Å²) >= 11 is 1.31. The lowest BCUT2D eigenvalue weighted by Gasteiger charge is -2.08. The Bertz CT molecular complexity index is 974. The molecule has 3 aromatic rings. The molecule has 8 nitrogen and oxygen atoms in total. The summed E-state index contributed by atoms with van der Waals surface area (Å²) < 4.78 is 1.96. The standard InChI is InChI=1S/C19H20N6O2S/c1-3-25-17(13-7-9-21-10-8-13)23-24-19(25)28-12-16(26)22-15-6-4-5-14(11-15)18(27)20-2/h4-11H,3,12H2,1-2H3,(H,20,27)(H,22,26). The van der Waals surface area contributed by atoms with Gasteiger partial charge >= 0.3 is 0 Å². The van der Waals surface area contributed by atoms with E-state index in [1.165, 1.54) is 11.8 Å². The molecule has 144 valence electrons. The summed E-state index contributed by atoms with van der Waals surface area (Å²) in [7, 11) is 1.56. The molecule has 0 atom stereocenters. The Morgan fingerprint density at radius 2 is 1.93 bits per heavy atom. The molecule has 1 aromatic carbocycles. The molecule has 0 spiro atoms. The second-order valence-corrected chi connectivity index (χ2v) is 6.73. The van der Waals surface area contributed by atoms with E-state index in [1.807, 2.05) is 23.6 Å². The van der Waals surface area contributed by atoms with Crippen molar-refractivity contribution in [2.75, 3.05) is 18.1 Å². The quantitative estimate of drug-likeness (QED) is 0.595. The zero-order valence-electron chi connectivity index (χ0n) is 15.5. The average Bonchev–Trinajstić information content (AvgIpc) is 3.15. The van der Waals surface area contributed by atoms with Crippen molar-refractivity contribution in [3.05, 3.63) is 54.4 Å². The number of pyridine rings is 1. The van der Waals surface area contributed by atoms with Crippen LogP contribution in [0.5, 0.6) is 0 Å². The van der Waals surface area contributed by atoms with Crippen LogP contribution in [-0.2, 0) is 11.3 Å². The van der Waals surface area contributed by atoms with Crippen molar-refractivity contribution in [3.8, 4) is 11.4 Å². The fourth-order valence-corrected chi connectivity index (χ4v) is 3.41. The van der Waals surface area contributed by atoms with Crippen LogP contribution in [-0.4, -0.2) is 44.4 Å². The van der Waals surface area contributed by atoms with Crippen LogP contribution in [0.15, 0.2) is 53.9 Å². The normalized spacial score (nSPS) is 10.5. The molecule has 28 heavy (non-hydrogen) atoms. The Balaban J connectivity index is 1.65. The van der Waals surface area contributed by atoms with E-state index in [9.17, 15) is 9.59 Å². The maximum atomic E-state index is 12.3. The molecular formula is C19H20N6O2S. The van der Waals surface area contributed by atoms with Gasteiger partial charge in [-0.1, -0.05) is 17.8 Å². The molecular weight excluding hydrogens is 376 g/mol. The van der Waals surface area contributed by atoms with Crippen LogP contribution in [0.3, 0.4) is 0 Å². The van der Waals surface area contributed by atoms with Gasteiger partial charge in [0.05, 0.1) is 5.75 Å². The number of anilines is 1. The number of amides is 2. The highest BCUT2D eigenvalue weighted by Crippen LogP contribution is 2.23. The van der Waals surface area contributed by atoms with Gasteiger partial charge in [-0.05, 0) is 37.3 Å². The number of hydrogen-bond donors (Lipinski definition) is 2. The lowest BCUT2D eigenvalue weighted by molar-refractivity contribution is -0.113. The summed E-state index contributed by atoms with van der Waals surface area (Å²) in [5.74, 6) is 0.532. The second kappa shape index (κ2) is 9.14. The molecule has 0 aliphatic carbocycles. The van der Waals surface area contributed by atoms with Crippen LogP contribution < -0.4 is 10.6 Å². The second-order valence-electron chi connectivity index (χ2n) is 5.78. The minimum atomic E-state index is -0.204. The number of nitrogens with zero attached hydrogens (tertiary/aromatic N) is 4. The van der Waals surface area contributed by atoms with Gasteiger partial charge in [-0.25, -0.2) is 0 Å². The van der Waals surface area contributed by atoms with Crippen molar-refractivity contribution in [2.45, 2.75) is 18.6 Å². The van der Waals surface area contributed by atoms with Crippen LogP contribution in [0.1, 0.15) is 17.3 Å². The fourth-order valence-electron chi connectivity index (χ4n) is 2.60. The molecule has 0 saturated heterocycles. The number of hydrogen-bond acceptors (Lipinski definition) is 6. The zero-order valence-corrected chi connectivity index (χ0v) is 16.4. The molecule has 2 N–H and O–H groups in total. The topological polar surface area (TPSA) is 102 Å². The predicted octanol–water partition coefficient (Wildman–Crippen LogP) is 2.45. The Morgan fingerprint density at radius 1 is 1.14 bits per heavy atom.